The molecule has 4 heteroatoms. The van der Waals surface area contributed by atoms with Crippen LogP contribution in [0.5, 0.6) is 0 Å². The summed E-state index contributed by atoms with van der Waals surface area (Å²) in [6.07, 6.45) is 2.25. The van der Waals surface area contributed by atoms with E-state index in [1.54, 1.807) is 4.90 Å². The van der Waals surface area contributed by atoms with Gasteiger partial charge in [0.05, 0.1) is 5.60 Å². The van der Waals surface area contributed by atoms with Gasteiger partial charge in [-0.05, 0) is 51.9 Å². The fraction of sp³-hybridized carbons (Fsp3) is 0.929. The fourth-order valence-corrected chi connectivity index (χ4v) is 3.22. The van der Waals surface area contributed by atoms with E-state index in [9.17, 15) is 9.90 Å². The van der Waals surface area contributed by atoms with Crippen molar-refractivity contribution in [3.05, 3.63) is 0 Å². The van der Waals surface area contributed by atoms with Crippen LogP contribution < -0.4 is 0 Å². The van der Waals surface area contributed by atoms with Crippen LogP contribution in [-0.4, -0.2) is 40.4 Å². The molecule has 0 bridgehead atoms. The summed E-state index contributed by atoms with van der Waals surface area (Å²) >= 11 is 0. The van der Waals surface area contributed by atoms with Crippen LogP contribution in [0.15, 0.2) is 0 Å². The monoisotopic (exact) mass is 255 g/mol. The third-order valence-electron chi connectivity index (χ3n) is 4.17. The predicted octanol–water partition coefficient (Wildman–Crippen LogP) is 2.40. The summed E-state index contributed by atoms with van der Waals surface area (Å²) in [5.41, 5.74) is -0.922. The molecule has 1 saturated carbocycles. The Morgan fingerprint density at radius 2 is 1.83 bits per heavy atom. The van der Waals surface area contributed by atoms with Gasteiger partial charge >= 0.3 is 6.09 Å². The Hall–Kier alpha value is -0.770. The maximum absolute atomic E-state index is 12.0. The first-order chi connectivity index (χ1) is 8.22. The Balaban J connectivity index is 1.91. The van der Waals surface area contributed by atoms with Gasteiger partial charge in [-0.15, -0.1) is 0 Å². The zero-order chi connectivity index (χ0) is 13.6. The average Bonchev–Trinajstić information content (AvgIpc) is 2.70. The van der Waals surface area contributed by atoms with Gasteiger partial charge in [0, 0.05) is 13.1 Å². The standard InChI is InChI=1S/C14H25NO3/c1-5-14(17)6-10-8-15(9-11(10)7-14)12(16)18-13(2,3)4/h10-11,17H,5-9H2,1-4H3. The zero-order valence-electron chi connectivity index (χ0n) is 11.9. The number of likely N-dealkylation sites (tertiary alicyclic amines) is 1. The summed E-state index contributed by atoms with van der Waals surface area (Å²) in [4.78, 5) is 13.8. The van der Waals surface area contributed by atoms with E-state index in [1.165, 1.54) is 0 Å². The van der Waals surface area contributed by atoms with Gasteiger partial charge in [0.25, 0.3) is 0 Å². The highest BCUT2D eigenvalue weighted by atomic mass is 16.6. The summed E-state index contributed by atoms with van der Waals surface area (Å²) in [6, 6.07) is 0. The Morgan fingerprint density at radius 3 is 2.22 bits per heavy atom. The third-order valence-corrected chi connectivity index (χ3v) is 4.17. The number of amides is 1. The third kappa shape index (κ3) is 2.79. The Kier molecular flexibility index (Phi) is 3.34. The van der Waals surface area contributed by atoms with Crippen LogP contribution in [0.3, 0.4) is 0 Å². The van der Waals surface area contributed by atoms with Crippen molar-refractivity contribution in [1.82, 2.24) is 4.90 Å². The van der Waals surface area contributed by atoms with Gasteiger partial charge in [0.15, 0.2) is 0 Å². The van der Waals surface area contributed by atoms with Crippen LogP contribution in [0.25, 0.3) is 0 Å². The van der Waals surface area contributed by atoms with E-state index in [-0.39, 0.29) is 6.09 Å². The molecular weight excluding hydrogens is 230 g/mol. The summed E-state index contributed by atoms with van der Waals surface area (Å²) in [7, 11) is 0. The molecule has 104 valence electrons. The van der Waals surface area contributed by atoms with Gasteiger partial charge in [-0.25, -0.2) is 4.79 Å². The molecule has 2 fully saturated rings. The van der Waals surface area contributed by atoms with Crippen LogP contribution in [0, 0.1) is 11.8 Å². The SMILES string of the molecule is CCC1(O)CC2CN(C(=O)OC(C)(C)C)CC2C1. The van der Waals surface area contributed by atoms with Gasteiger partial charge in [-0.3, -0.25) is 0 Å². The smallest absolute Gasteiger partial charge is 0.410 e. The molecule has 18 heavy (non-hydrogen) atoms. The Morgan fingerprint density at radius 1 is 1.33 bits per heavy atom. The highest BCUT2D eigenvalue weighted by Crippen LogP contribution is 2.45. The molecule has 4 nitrogen and oxygen atoms in total. The van der Waals surface area contributed by atoms with Crippen molar-refractivity contribution in [3.63, 3.8) is 0 Å². The molecule has 0 aromatic carbocycles. The molecule has 0 spiro atoms. The van der Waals surface area contributed by atoms with Crippen molar-refractivity contribution < 1.29 is 14.6 Å². The highest BCUT2D eigenvalue weighted by Gasteiger charge is 2.48. The van der Waals surface area contributed by atoms with Gasteiger partial charge in [0.2, 0.25) is 0 Å². The molecule has 1 amide bonds. The number of ether oxygens (including phenoxy) is 1. The van der Waals surface area contributed by atoms with Crippen molar-refractivity contribution >= 4 is 6.09 Å². The van der Waals surface area contributed by atoms with E-state index >= 15 is 0 Å². The number of hydrogen-bond donors (Lipinski definition) is 1. The fourth-order valence-electron chi connectivity index (χ4n) is 3.22. The molecule has 2 rings (SSSR count). The van der Waals surface area contributed by atoms with E-state index in [0.29, 0.717) is 11.8 Å². The Bertz CT molecular complexity index is 320. The minimum absolute atomic E-state index is 0.211. The number of carbonyl (C=O) groups is 1. The van der Waals surface area contributed by atoms with E-state index < -0.39 is 11.2 Å². The molecule has 1 heterocycles. The molecule has 0 radical (unpaired) electrons. The topological polar surface area (TPSA) is 49.8 Å². The van der Waals surface area contributed by atoms with Crippen molar-refractivity contribution in [2.75, 3.05) is 13.1 Å². The van der Waals surface area contributed by atoms with Crippen molar-refractivity contribution in [2.24, 2.45) is 11.8 Å². The quantitative estimate of drug-likeness (QED) is 0.782. The zero-order valence-corrected chi connectivity index (χ0v) is 11.9. The molecule has 1 N–H and O–H groups in total. The van der Waals surface area contributed by atoms with Crippen molar-refractivity contribution in [2.45, 2.75) is 58.2 Å². The first-order valence-corrected chi connectivity index (χ1v) is 6.93. The average molecular weight is 255 g/mol. The number of fused-ring (bicyclic) bond motifs is 1. The van der Waals surface area contributed by atoms with Crippen molar-refractivity contribution in [3.8, 4) is 0 Å². The summed E-state index contributed by atoms with van der Waals surface area (Å²) < 4.78 is 5.39. The van der Waals surface area contributed by atoms with Gasteiger partial charge < -0.3 is 14.7 Å². The number of carbonyl (C=O) groups excluding carboxylic acids is 1. The van der Waals surface area contributed by atoms with E-state index in [4.69, 9.17) is 4.74 Å². The first kappa shape index (κ1) is 13.7. The largest absolute Gasteiger partial charge is 0.444 e. The summed E-state index contributed by atoms with van der Waals surface area (Å²) in [5.74, 6) is 0.893. The van der Waals surface area contributed by atoms with Crippen LogP contribution in [0.1, 0.15) is 47.0 Å². The second kappa shape index (κ2) is 4.41. The molecule has 1 aliphatic heterocycles. The molecule has 1 saturated heterocycles. The van der Waals surface area contributed by atoms with Crippen LogP contribution in [-0.2, 0) is 4.74 Å². The number of nitrogens with zero attached hydrogens (tertiary/aromatic N) is 1. The number of rotatable bonds is 1. The van der Waals surface area contributed by atoms with Crippen LogP contribution in [0.2, 0.25) is 0 Å². The normalized spacial score (nSPS) is 35.7. The van der Waals surface area contributed by atoms with Crippen LogP contribution >= 0.6 is 0 Å². The minimum Gasteiger partial charge on any atom is -0.444 e. The van der Waals surface area contributed by atoms with Crippen LogP contribution in [0.4, 0.5) is 4.79 Å². The molecule has 0 aromatic rings. The number of aliphatic hydroxyl groups is 1. The van der Waals surface area contributed by atoms with Crippen molar-refractivity contribution in [1.29, 1.82) is 0 Å². The lowest BCUT2D eigenvalue weighted by atomic mass is 9.97. The molecule has 0 aromatic heterocycles. The molecule has 2 atom stereocenters. The lowest BCUT2D eigenvalue weighted by Gasteiger charge is -2.27. The molecular formula is C14H25NO3. The summed E-state index contributed by atoms with van der Waals surface area (Å²) in [5, 5.41) is 10.3. The van der Waals surface area contributed by atoms with E-state index in [1.807, 2.05) is 27.7 Å². The minimum atomic E-state index is -0.491. The molecule has 2 unspecified atom stereocenters. The predicted molar refractivity (Wildman–Crippen MR) is 69.3 cm³/mol. The second-order valence-electron chi connectivity index (χ2n) is 6.89. The van der Waals surface area contributed by atoms with E-state index in [0.717, 1.165) is 32.4 Å². The van der Waals surface area contributed by atoms with Gasteiger partial charge in [0.1, 0.15) is 5.60 Å². The van der Waals surface area contributed by atoms with Gasteiger partial charge in [-0.2, -0.15) is 0 Å². The highest BCUT2D eigenvalue weighted by molar-refractivity contribution is 5.68. The lowest BCUT2D eigenvalue weighted by Crippen LogP contribution is -2.37. The molecule has 1 aliphatic carbocycles. The first-order valence-electron chi connectivity index (χ1n) is 6.93. The van der Waals surface area contributed by atoms with Gasteiger partial charge in [-0.1, -0.05) is 6.92 Å². The van der Waals surface area contributed by atoms with E-state index in [2.05, 4.69) is 0 Å². The Labute approximate surface area is 109 Å². The number of hydrogen-bond acceptors (Lipinski definition) is 3. The lowest BCUT2D eigenvalue weighted by molar-refractivity contribution is 0.0157. The molecule has 2 aliphatic rings. The summed E-state index contributed by atoms with van der Waals surface area (Å²) in [6.45, 7) is 9.17. The second-order valence-corrected chi connectivity index (χ2v) is 6.89. The maximum Gasteiger partial charge on any atom is 0.410 e. The maximum atomic E-state index is 12.0.